The molecule has 1 saturated heterocycles. The summed E-state index contributed by atoms with van der Waals surface area (Å²) in [5.41, 5.74) is 0. The third-order valence-electron chi connectivity index (χ3n) is 2.81. The number of carbonyl (C=O) groups excluding carboxylic acids is 1. The standard InChI is InChI=1S/C13H20O6/c1-5-15-8-7-9(11(14)16-6-2)17-12-10(8)18-13(3,4)19-12/h7-8,10,12H,5-6H2,1-4H3/t8-,10-,12-/m1/s1. The van der Waals surface area contributed by atoms with E-state index in [1.54, 1.807) is 26.8 Å². The molecule has 0 aromatic heterocycles. The molecule has 0 N–H and O–H groups in total. The molecule has 19 heavy (non-hydrogen) atoms. The van der Waals surface area contributed by atoms with Crippen LogP contribution in [0.15, 0.2) is 11.8 Å². The zero-order valence-corrected chi connectivity index (χ0v) is 11.7. The number of fused-ring (bicyclic) bond motifs is 1. The molecule has 6 heteroatoms. The van der Waals surface area contributed by atoms with E-state index in [-0.39, 0.29) is 24.6 Å². The lowest BCUT2D eigenvalue weighted by Crippen LogP contribution is -2.42. The van der Waals surface area contributed by atoms with Gasteiger partial charge in [0.05, 0.1) is 6.61 Å². The second kappa shape index (κ2) is 5.48. The van der Waals surface area contributed by atoms with Gasteiger partial charge in [-0.1, -0.05) is 0 Å². The Labute approximate surface area is 112 Å². The van der Waals surface area contributed by atoms with Gasteiger partial charge in [0.2, 0.25) is 12.0 Å². The van der Waals surface area contributed by atoms with Gasteiger partial charge < -0.3 is 23.7 Å². The summed E-state index contributed by atoms with van der Waals surface area (Å²) in [5, 5.41) is 0. The molecule has 0 spiro atoms. The molecule has 6 nitrogen and oxygen atoms in total. The van der Waals surface area contributed by atoms with Gasteiger partial charge in [-0.15, -0.1) is 0 Å². The zero-order valence-electron chi connectivity index (χ0n) is 11.7. The van der Waals surface area contributed by atoms with Crippen molar-refractivity contribution in [1.29, 1.82) is 0 Å². The van der Waals surface area contributed by atoms with Crippen molar-refractivity contribution in [3.05, 3.63) is 11.8 Å². The van der Waals surface area contributed by atoms with Crippen molar-refractivity contribution in [3.63, 3.8) is 0 Å². The van der Waals surface area contributed by atoms with Crippen LogP contribution in [-0.2, 0) is 28.5 Å². The van der Waals surface area contributed by atoms with Crippen LogP contribution in [0, 0.1) is 0 Å². The van der Waals surface area contributed by atoms with E-state index >= 15 is 0 Å². The van der Waals surface area contributed by atoms with Crippen LogP contribution in [-0.4, -0.2) is 43.5 Å². The molecule has 2 heterocycles. The van der Waals surface area contributed by atoms with E-state index in [1.165, 1.54) is 0 Å². The number of esters is 1. The molecule has 2 aliphatic rings. The topological polar surface area (TPSA) is 63.2 Å². The van der Waals surface area contributed by atoms with Gasteiger partial charge in [0.1, 0.15) is 6.10 Å². The average molecular weight is 272 g/mol. The van der Waals surface area contributed by atoms with Gasteiger partial charge >= 0.3 is 5.97 Å². The number of carbonyl (C=O) groups is 1. The number of hydrogen-bond acceptors (Lipinski definition) is 6. The number of hydrogen-bond donors (Lipinski definition) is 0. The summed E-state index contributed by atoms with van der Waals surface area (Å²) in [7, 11) is 0. The molecule has 3 atom stereocenters. The third kappa shape index (κ3) is 3.08. The third-order valence-corrected chi connectivity index (χ3v) is 2.81. The van der Waals surface area contributed by atoms with E-state index in [4.69, 9.17) is 23.7 Å². The Balaban J connectivity index is 2.17. The van der Waals surface area contributed by atoms with E-state index < -0.39 is 18.0 Å². The molecule has 0 amide bonds. The van der Waals surface area contributed by atoms with Crippen molar-refractivity contribution in [1.82, 2.24) is 0 Å². The maximum atomic E-state index is 11.7. The predicted octanol–water partition coefficient (Wildman–Crippen LogP) is 1.35. The second-order valence-corrected chi connectivity index (χ2v) is 4.76. The molecular formula is C13H20O6. The van der Waals surface area contributed by atoms with Crippen molar-refractivity contribution >= 4 is 5.97 Å². The number of rotatable bonds is 4. The molecule has 108 valence electrons. The minimum atomic E-state index is -0.761. The fourth-order valence-electron chi connectivity index (χ4n) is 2.13. The van der Waals surface area contributed by atoms with Crippen molar-refractivity contribution in [2.24, 2.45) is 0 Å². The second-order valence-electron chi connectivity index (χ2n) is 4.76. The first kappa shape index (κ1) is 14.3. The lowest BCUT2D eigenvalue weighted by Gasteiger charge is -2.29. The maximum Gasteiger partial charge on any atom is 0.373 e. The van der Waals surface area contributed by atoms with Gasteiger partial charge in [0.25, 0.3) is 0 Å². The molecule has 0 bridgehead atoms. The Kier molecular flexibility index (Phi) is 4.13. The molecule has 0 radical (unpaired) electrons. The van der Waals surface area contributed by atoms with Crippen LogP contribution in [0.4, 0.5) is 0 Å². The van der Waals surface area contributed by atoms with Gasteiger partial charge in [-0.2, -0.15) is 0 Å². The van der Waals surface area contributed by atoms with Gasteiger partial charge in [0.15, 0.2) is 11.9 Å². The quantitative estimate of drug-likeness (QED) is 0.720. The van der Waals surface area contributed by atoms with Gasteiger partial charge in [-0.05, 0) is 33.8 Å². The normalized spacial score (nSPS) is 32.2. The van der Waals surface area contributed by atoms with E-state index in [0.29, 0.717) is 6.61 Å². The lowest BCUT2D eigenvalue weighted by molar-refractivity contribution is -0.185. The first-order valence-corrected chi connectivity index (χ1v) is 6.49. The fraction of sp³-hybridized carbons (Fsp3) is 0.769. The molecule has 1 fully saturated rings. The number of ether oxygens (including phenoxy) is 5. The maximum absolute atomic E-state index is 11.7. The predicted molar refractivity (Wildman–Crippen MR) is 65.0 cm³/mol. The van der Waals surface area contributed by atoms with Crippen LogP contribution < -0.4 is 0 Å². The Bertz CT molecular complexity index is 375. The molecule has 0 aliphatic carbocycles. The Hall–Kier alpha value is -1.11. The molecule has 0 unspecified atom stereocenters. The summed E-state index contributed by atoms with van der Waals surface area (Å²) in [5.74, 6) is -1.16. The molecule has 0 aromatic carbocycles. The summed E-state index contributed by atoms with van der Waals surface area (Å²) in [6.07, 6.45) is 0.168. The van der Waals surface area contributed by atoms with Crippen LogP contribution in [0.2, 0.25) is 0 Å². The first-order valence-electron chi connectivity index (χ1n) is 6.49. The monoisotopic (exact) mass is 272 g/mol. The fourth-order valence-corrected chi connectivity index (χ4v) is 2.13. The Morgan fingerprint density at radius 1 is 1.32 bits per heavy atom. The molecular weight excluding hydrogens is 252 g/mol. The Morgan fingerprint density at radius 2 is 2.05 bits per heavy atom. The largest absolute Gasteiger partial charge is 0.460 e. The highest BCUT2D eigenvalue weighted by atomic mass is 16.8. The minimum Gasteiger partial charge on any atom is -0.460 e. The molecule has 2 aliphatic heterocycles. The minimum absolute atomic E-state index is 0.114. The van der Waals surface area contributed by atoms with Crippen molar-refractivity contribution in [2.75, 3.05) is 13.2 Å². The van der Waals surface area contributed by atoms with Crippen molar-refractivity contribution < 1.29 is 28.5 Å². The molecule has 2 rings (SSSR count). The van der Waals surface area contributed by atoms with Crippen LogP contribution >= 0.6 is 0 Å². The van der Waals surface area contributed by atoms with Crippen molar-refractivity contribution in [2.45, 2.75) is 52.0 Å². The highest BCUT2D eigenvalue weighted by molar-refractivity contribution is 5.86. The summed E-state index contributed by atoms with van der Waals surface area (Å²) in [4.78, 5) is 11.7. The zero-order chi connectivity index (χ0) is 14.0. The highest BCUT2D eigenvalue weighted by Crippen LogP contribution is 2.36. The van der Waals surface area contributed by atoms with Crippen LogP contribution in [0.5, 0.6) is 0 Å². The van der Waals surface area contributed by atoms with Crippen molar-refractivity contribution in [3.8, 4) is 0 Å². The van der Waals surface area contributed by atoms with E-state index in [1.807, 2.05) is 6.92 Å². The summed E-state index contributed by atoms with van der Waals surface area (Å²) in [6.45, 7) is 8.00. The van der Waals surface area contributed by atoms with E-state index in [2.05, 4.69) is 0 Å². The summed E-state index contributed by atoms with van der Waals surface area (Å²) in [6, 6.07) is 0. The molecule has 0 saturated carbocycles. The van der Waals surface area contributed by atoms with Crippen LogP contribution in [0.25, 0.3) is 0 Å². The van der Waals surface area contributed by atoms with E-state index in [0.717, 1.165) is 0 Å². The van der Waals surface area contributed by atoms with Gasteiger partial charge in [0, 0.05) is 6.61 Å². The van der Waals surface area contributed by atoms with Crippen LogP contribution in [0.3, 0.4) is 0 Å². The Morgan fingerprint density at radius 3 is 2.68 bits per heavy atom. The first-order chi connectivity index (χ1) is 8.96. The van der Waals surface area contributed by atoms with E-state index in [9.17, 15) is 4.79 Å². The molecule has 0 aromatic rings. The smallest absolute Gasteiger partial charge is 0.373 e. The summed E-state index contributed by atoms with van der Waals surface area (Å²) >= 11 is 0. The summed E-state index contributed by atoms with van der Waals surface area (Å²) < 4.78 is 27.4. The highest BCUT2D eigenvalue weighted by Gasteiger charge is 2.50. The van der Waals surface area contributed by atoms with Crippen LogP contribution in [0.1, 0.15) is 27.7 Å². The average Bonchev–Trinajstić information content (AvgIpc) is 2.64. The lowest BCUT2D eigenvalue weighted by atomic mass is 10.1. The van der Waals surface area contributed by atoms with Gasteiger partial charge in [-0.25, -0.2) is 4.79 Å². The SMILES string of the molecule is CCOC(=O)C1=C[C@@H](OCC)[C@H]2OC(C)(C)O[C@H]2O1. The van der Waals surface area contributed by atoms with Gasteiger partial charge in [-0.3, -0.25) is 0 Å².